The highest BCUT2D eigenvalue weighted by Crippen LogP contribution is 2.51. The minimum Gasteiger partial charge on any atom is -0.328 e. The molecule has 0 radical (unpaired) electrons. The van der Waals surface area contributed by atoms with Crippen molar-refractivity contribution in [3.8, 4) is 12.3 Å². The summed E-state index contributed by atoms with van der Waals surface area (Å²) in [6, 6.07) is 0.493. The van der Waals surface area contributed by atoms with Gasteiger partial charge in [0.05, 0.1) is 0 Å². The van der Waals surface area contributed by atoms with E-state index in [2.05, 4.69) is 5.92 Å². The molecule has 2 fully saturated rings. The molecule has 1 nitrogen and oxygen atoms in total. The summed E-state index contributed by atoms with van der Waals surface area (Å²) in [4.78, 5) is 0. The Balaban J connectivity index is 1.88. The molecule has 1 heteroatoms. The lowest BCUT2D eigenvalue weighted by Gasteiger charge is -2.50. The third-order valence-corrected chi connectivity index (χ3v) is 3.67. The molecule has 2 aliphatic rings. The van der Waals surface area contributed by atoms with Crippen molar-refractivity contribution in [1.82, 2.24) is 0 Å². The monoisotopic (exact) mass is 163 g/mol. The van der Waals surface area contributed by atoms with Crippen molar-refractivity contribution in [2.75, 3.05) is 0 Å². The lowest BCUT2D eigenvalue weighted by Crippen LogP contribution is -2.47. The summed E-state index contributed by atoms with van der Waals surface area (Å²) in [5, 5.41) is 0. The fourth-order valence-corrected chi connectivity index (χ4v) is 2.86. The standard InChI is InChI=1S/C11H17N/c1-2-9-3-5-11(6-4-9)7-10(12)8-11/h1,9-10H,3-8,12H2. The van der Waals surface area contributed by atoms with Gasteiger partial charge in [0.15, 0.2) is 0 Å². The molecule has 0 heterocycles. The van der Waals surface area contributed by atoms with E-state index in [1.54, 1.807) is 0 Å². The van der Waals surface area contributed by atoms with Gasteiger partial charge in [-0.3, -0.25) is 0 Å². The van der Waals surface area contributed by atoms with Gasteiger partial charge in [0.25, 0.3) is 0 Å². The van der Waals surface area contributed by atoms with Crippen LogP contribution in [0.2, 0.25) is 0 Å². The maximum Gasteiger partial charge on any atom is 0.0200 e. The summed E-state index contributed by atoms with van der Waals surface area (Å²) in [5.74, 6) is 3.43. The van der Waals surface area contributed by atoms with E-state index in [1.165, 1.54) is 38.5 Å². The van der Waals surface area contributed by atoms with E-state index in [4.69, 9.17) is 12.2 Å². The molecule has 0 aliphatic heterocycles. The van der Waals surface area contributed by atoms with E-state index >= 15 is 0 Å². The van der Waals surface area contributed by atoms with Crippen LogP contribution in [-0.2, 0) is 0 Å². The second-order valence-electron chi connectivity index (χ2n) is 4.61. The molecule has 0 unspecified atom stereocenters. The smallest absolute Gasteiger partial charge is 0.0200 e. The Hall–Kier alpha value is -0.480. The number of terminal acetylenes is 1. The van der Waals surface area contributed by atoms with Gasteiger partial charge in [-0.2, -0.15) is 0 Å². The Bertz CT molecular complexity index is 198. The van der Waals surface area contributed by atoms with Crippen LogP contribution in [0.5, 0.6) is 0 Å². The lowest BCUT2D eigenvalue weighted by atomic mass is 9.57. The Kier molecular flexibility index (Phi) is 1.88. The predicted molar refractivity (Wildman–Crippen MR) is 50.4 cm³/mol. The third-order valence-electron chi connectivity index (χ3n) is 3.67. The van der Waals surface area contributed by atoms with Gasteiger partial charge < -0.3 is 5.73 Å². The summed E-state index contributed by atoms with van der Waals surface area (Å²) >= 11 is 0. The molecule has 0 bridgehead atoms. The fraction of sp³-hybridized carbons (Fsp3) is 0.818. The van der Waals surface area contributed by atoms with Gasteiger partial charge >= 0.3 is 0 Å². The van der Waals surface area contributed by atoms with E-state index in [0.29, 0.717) is 17.4 Å². The molecule has 2 aliphatic carbocycles. The van der Waals surface area contributed by atoms with Crippen LogP contribution >= 0.6 is 0 Å². The summed E-state index contributed by atoms with van der Waals surface area (Å²) in [6.07, 6.45) is 13.0. The van der Waals surface area contributed by atoms with Crippen molar-refractivity contribution in [2.24, 2.45) is 17.1 Å². The van der Waals surface area contributed by atoms with E-state index in [9.17, 15) is 0 Å². The molecule has 0 aromatic heterocycles. The van der Waals surface area contributed by atoms with Crippen molar-refractivity contribution < 1.29 is 0 Å². The normalized spacial score (nSPS) is 46.7. The molecule has 2 N–H and O–H groups in total. The number of hydrogen-bond donors (Lipinski definition) is 1. The zero-order valence-corrected chi connectivity index (χ0v) is 7.55. The molecule has 0 aromatic rings. The van der Waals surface area contributed by atoms with Crippen LogP contribution in [0.4, 0.5) is 0 Å². The molecule has 0 amide bonds. The Morgan fingerprint density at radius 2 is 1.83 bits per heavy atom. The zero-order chi connectivity index (χ0) is 8.60. The van der Waals surface area contributed by atoms with E-state index in [1.807, 2.05) is 0 Å². The maximum atomic E-state index is 5.81. The second kappa shape index (κ2) is 2.78. The largest absolute Gasteiger partial charge is 0.328 e. The first-order valence-corrected chi connectivity index (χ1v) is 4.96. The van der Waals surface area contributed by atoms with E-state index < -0.39 is 0 Å². The van der Waals surface area contributed by atoms with Crippen molar-refractivity contribution in [3.63, 3.8) is 0 Å². The highest BCUT2D eigenvalue weighted by molar-refractivity contribution is 5.03. The topological polar surface area (TPSA) is 26.0 Å². The van der Waals surface area contributed by atoms with Crippen molar-refractivity contribution in [2.45, 2.75) is 44.6 Å². The van der Waals surface area contributed by atoms with Gasteiger partial charge in [0.2, 0.25) is 0 Å². The molecule has 66 valence electrons. The summed E-state index contributed by atoms with van der Waals surface area (Å²) in [7, 11) is 0. The van der Waals surface area contributed by atoms with Crippen molar-refractivity contribution in [1.29, 1.82) is 0 Å². The predicted octanol–water partition coefficient (Wildman–Crippen LogP) is 1.92. The van der Waals surface area contributed by atoms with Gasteiger partial charge in [-0.15, -0.1) is 12.3 Å². The van der Waals surface area contributed by atoms with Crippen LogP contribution in [0.1, 0.15) is 38.5 Å². The van der Waals surface area contributed by atoms with Crippen LogP contribution < -0.4 is 5.73 Å². The highest BCUT2D eigenvalue weighted by atomic mass is 14.7. The Morgan fingerprint density at radius 1 is 1.25 bits per heavy atom. The summed E-state index contributed by atoms with van der Waals surface area (Å²) in [5.41, 5.74) is 6.44. The van der Waals surface area contributed by atoms with Gasteiger partial charge in [0, 0.05) is 12.0 Å². The van der Waals surface area contributed by atoms with E-state index in [0.717, 1.165) is 0 Å². The Labute approximate surface area is 74.7 Å². The molecule has 1 spiro atoms. The molecule has 0 aromatic carbocycles. The molecule has 2 saturated carbocycles. The number of nitrogens with two attached hydrogens (primary N) is 1. The van der Waals surface area contributed by atoms with Crippen LogP contribution in [0.15, 0.2) is 0 Å². The first kappa shape index (κ1) is 8.13. The van der Waals surface area contributed by atoms with Crippen LogP contribution in [-0.4, -0.2) is 6.04 Å². The molecule has 2 rings (SSSR count). The Morgan fingerprint density at radius 3 is 2.25 bits per heavy atom. The highest BCUT2D eigenvalue weighted by Gasteiger charge is 2.44. The summed E-state index contributed by atoms with van der Waals surface area (Å²) < 4.78 is 0. The quantitative estimate of drug-likeness (QED) is 0.542. The fourth-order valence-electron chi connectivity index (χ4n) is 2.86. The van der Waals surface area contributed by atoms with Gasteiger partial charge in [-0.1, -0.05) is 0 Å². The van der Waals surface area contributed by atoms with Crippen LogP contribution in [0.3, 0.4) is 0 Å². The van der Waals surface area contributed by atoms with Crippen molar-refractivity contribution in [3.05, 3.63) is 0 Å². The van der Waals surface area contributed by atoms with Gasteiger partial charge in [0.1, 0.15) is 0 Å². The minimum absolute atomic E-state index is 0.493. The molecular weight excluding hydrogens is 146 g/mol. The van der Waals surface area contributed by atoms with Gasteiger partial charge in [-0.05, 0) is 43.9 Å². The summed E-state index contributed by atoms with van der Waals surface area (Å²) in [6.45, 7) is 0. The maximum absolute atomic E-state index is 5.81. The second-order valence-corrected chi connectivity index (χ2v) is 4.61. The average molecular weight is 163 g/mol. The van der Waals surface area contributed by atoms with Gasteiger partial charge in [-0.25, -0.2) is 0 Å². The zero-order valence-electron chi connectivity index (χ0n) is 7.55. The SMILES string of the molecule is C#CC1CCC2(CC1)CC(N)C2. The molecule has 0 saturated heterocycles. The molecular formula is C11H17N. The van der Waals surface area contributed by atoms with Crippen LogP contribution in [0.25, 0.3) is 0 Å². The number of hydrogen-bond acceptors (Lipinski definition) is 1. The first-order chi connectivity index (χ1) is 5.74. The molecule has 0 atom stereocenters. The van der Waals surface area contributed by atoms with E-state index in [-0.39, 0.29) is 0 Å². The first-order valence-electron chi connectivity index (χ1n) is 4.96. The number of rotatable bonds is 0. The minimum atomic E-state index is 0.493. The van der Waals surface area contributed by atoms with Crippen molar-refractivity contribution >= 4 is 0 Å². The molecule has 12 heavy (non-hydrogen) atoms. The van der Waals surface area contributed by atoms with Crippen LogP contribution in [0, 0.1) is 23.7 Å². The lowest BCUT2D eigenvalue weighted by molar-refractivity contribution is 0.0454. The average Bonchev–Trinajstić information content (AvgIpc) is 2.04. The third kappa shape index (κ3) is 1.25.